The molecule has 0 saturated heterocycles. The summed E-state index contributed by atoms with van der Waals surface area (Å²) in [4.78, 5) is 27.3. The maximum Gasteiger partial charge on any atom is 0.272 e. The third kappa shape index (κ3) is 4.17. The number of hydrogen-bond donors (Lipinski definition) is 1. The number of carbonyl (C=O) groups is 2. The number of amides is 2. The molecular formula is C22H21ClN4O2. The van der Waals surface area contributed by atoms with E-state index >= 15 is 0 Å². The molecule has 7 heteroatoms. The molecular weight excluding hydrogens is 388 g/mol. The molecule has 0 aliphatic carbocycles. The zero-order valence-corrected chi connectivity index (χ0v) is 16.8. The van der Waals surface area contributed by atoms with Crippen molar-refractivity contribution in [2.45, 2.75) is 26.1 Å². The van der Waals surface area contributed by atoms with Crippen molar-refractivity contribution in [2.24, 2.45) is 0 Å². The Hall–Kier alpha value is -3.12. The van der Waals surface area contributed by atoms with E-state index in [1.807, 2.05) is 55.5 Å². The monoisotopic (exact) mass is 408 g/mol. The number of benzene rings is 2. The second-order valence-electron chi connectivity index (χ2n) is 7.10. The van der Waals surface area contributed by atoms with E-state index < -0.39 is 0 Å². The number of nitrogens with one attached hydrogen (secondary N) is 1. The topological polar surface area (TPSA) is 67.2 Å². The van der Waals surface area contributed by atoms with Crippen molar-refractivity contribution >= 4 is 23.4 Å². The van der Waals surface area contributed by atoms with Gasteiger partial charge in [0.25, 0.3) is 11.8 Å². The molecule has 2 aromatic carbocycles. The number of carbonyl (C=O) groups excluding carboxylic acids is 2. The van der Waals surface area contributed by atoms with Gasteiger partial charge in [0.15, 0.2) is 5.69 Å². The van der Waals surface area contributed by atoms with E-state index in [1.54, 1.807) is 21.7 Å². The molecule has 0 bridgehead atoms. The van der Waals surface area contributed by atoms with Crippen molar-refractivity contribution in [3.05, 3.63) is 88.2 Å². The Morgan fingerprint density at radius 3 is 2.69 bits per heavy atom. The minimum atomic E-state index is -0.294. The van der Waals surface area contributed by atoms with E-state index in [9.17, 15) is 9.59 Å². The van der Waals surface area contributed by atoms with Crippen LogP contribution in [0.15, 0.2) is 60.7 Å². The quantitative estimate of drug-likeness (QED) is 0.700. The van der Waals surface area contributed by atoms with Crippen molar-refractivity contribution in [1.29, 1.82) is 0 Å². The Balaban J connectivity index is 1.47. The Morgan fingerprint density at radius 2 is 1.93 bits per heavy atom. The van der Waals surface area contributed by atoms with Crippen LogP contribution in [-0.2, 0) is 13.1 Å². The molecule has 1 atom stereocenters. The molecule has 1 aromatic heterocycles. The molecule has 3 aromatic rings. The third-order valence-electron chi connectivity index (χ3n) is 5.01. The fourth-order valence-corrected chi connectivity index (χ4v) is 3.66. The van der Waals surface area contributed by atoms with Gasteiger partial charge in [-0.1, -0.05) is 54.1 Å². The molecule has 29 heavy (non-hydrogen) atoms. The average molecular weight is 409 g/mol. The van der Waals surface area contributed by atoms with Crippen LogP contribution >= 0.6 is 11.6 Å². The summed E-state index contributed by atoms with van der Waals surface area (Å²) >= 11 is 6.04. The first kappa shape index (κ1) is 19.2. The number of hydrogen-bond acceptors (Lipinski definition) is 3. The summed E-state index contributed by atoms with van der Waals surface area (Å²) in [6, 6.07) is 18.6. The molecule has 1 N–H and O–H groups in total. The number of halogens is 1. The van der Waals surface area contributed by atoms with Gasteiger partial charge >= 0.3 is 0 Å². The molecule has 6 nitrogen and oxygen atoms in total. The third-order valence-corrected chi connectivity index (χ3v) is 5.25. The molecule has 1 aliphatic rings. The van der Waals surface area contributed by atoms with Gasteiger partial charge in [-0.25, -0.2) is 0 Å². The number of aromatic nitrogens is 2. The molecule has 2 heterocycles. The van der Waals surface area contributed by atoms with Gasteiger partial charge < -0.3 is 10.2 Å². The predicted molar refractivity (Wildman–Crippen MR) is 111 cm³/mol. The van der Waals surface area contributed by atoms with Gasteiger partial charge in [-0.15, -0.1) is 0 Å². The van der Waals surface area contributed by atoms with Crippen molar-refractivity contribution in [3.63, 3.8) is 0 Å². The number of rotatable bonds is 5. The second-order valence-corrected chi connectivity index (χ2v) is 7.54. The Morgan fingerprint density at radius 1 is 1.14 bits per heavy atom. The van der Waals surface area contributed by atoms with Crippen LogP contribution in [-0.4, -0.2) is 33.0 Å². The Kier molecular flexibility index (Phi) is 5.36. The van der Waals surface area contributed by atoms with Crippen LogP contribution in [0, 0.1) is 0 Å². The molecule has 0 fully saturated rings. The highest BCUT2D eigenvalue weighted by molar-refractivity contribution is 6.30. The predicted octanol–water partition coefficient (Wildman–Crippen LogP) is 3.68. The largest absolute Gasteiger partial charge is 0.344 e. The smallest absolute Gasteiger partial charge is 0.272 e. The van der Waals surface area contributed by atoms with Crippen LogP contribution in [0.4, 0.5) is 0 Å². The minimum absolute atomic E-state index is 0.140. The fourth-order valence-electron chi connectivity index (χ4n) is 3.45. The lowest BCUT2D eigenvalue weighted by molar-refractivity contribution is 0.0683. The van der Waals surface area contributed by atoms with Crippen LogP contribution in [0.3, 0.4) is 0 Å². The zero-order valence-electron chi connectivity index (χ0n) is 16.0. The summed E-state index contributed by atoms with van der Waals surface area (Å²) in [5.41, 5.74) is 2.65. The first-order valence-electron chi connectivity index (χ1n) is 9.48. The van der Waals surface area contributed by atoms with Gasteiger partial charge in [0, 0.05) is 24.2 Å². The minimum Gasteiger partial charge on any atom is -0.344 e. The van der Waals surface area contributed by atoms with E-state index in [2.05, 4.69) is 10.4 Å². The molecule has 1 unspecified atom stereocenters. The Bertz CT molecular complexity index is 1050. The summed E-state index contributed by atoms with van der Waals surface area (Å²) in [6.45, 7) is 3.46. The van der Waals surface area contributed by atoms with Gasteiger partial charge in [-0.3, -0.25) is 14.3 Å². The van der Waals surface area contributed by atoms with Crippen LogP contribution in [0.1, 0.15) is 45.1 Å². The molecule has 0 spiro atoms. The van der Waals surface area contributed by atoms with Gasteiger partial charge in [0.1, 0.15) is 5.69 Å². The lowest BCUT2D eigenvalue weighted by Crippen LogP contribution is -2.39. The second kappa shape index (κ2) is 8.09. The van der Waals surface area contributed by atoms with Crippen LogP contribution in [0.2, 0.25) is 5.02 Å². The van der Waals surface area contributed by atoms with Gasteiger partial charge in [-0.05, 0) is 30.2 Å². The highest BCUT2D eigenvalue weighted by Crippen LogP contribution is 2.19. The summed E-state index contributed by atoms with van der Waals surface area (Å²) in [5.74, 6) is -0.434. The van der Waals surface area contributed by atoms with Crippen molar-refractivity contribution < 1.29 is 9.59 Å². The van der Waals surface area contributed by atoms with Gasteiger partial charge in [-0.2, -0.15) is 5.10 Å². The molecule has 2 amide bonds. The zero-order chi connectivity index (χ0) is 20.4. The molecule has 0 radical (unpaired) electrons. The summed E-state index contributed by atoms with van der Waals surface area (Å²) in [6.07, 6.45) is 0. The molecule has 1 aliphatic heterocycles. The lowest BCUT2D eigenvalue weighted by Gasteiger charge is -2.27. The van der Waals surface area contributed by atoms with E-state index in [0.717, 1.165) is 11.1 Å². The fraction of sp³-hybridized carbons (Fsp3) is 0.227. The van der Waals surface area contributed by atoms with E-state index in [4.69, 9.17) is 11.6 Å². The maximum atomic E-state index is 12.9. The summed E-state index contributed by atoms with van der Waals surface area (Å²) < 4.78 is 1.61. The Labute approximate surface area is 174 Å². The van der Waals surface area contributed by atoms with Crippen molar-refractivity contribution in [2.75, 3.05) is 6.54 Å². The molecule has 0 saturated carbocycles. The first-order valence-corrected chi connectivity index (χ1v) is 9.86. The van der Waals surface area contributed by atoms with Crippen molar-refractivity contribution in [3.8, 4) is 0 Å². The van der Waals surface area contributed by atoms with Crippen LogP contribution in [0.5, 0.6) is 0 Å². The first-order chi connectivity index (χ1) is 14.0. The highest BCUT2D eigenvalue weighted by Gasteiger charge is 2.28. The van der Waals surface area contributed by atoms with Gasteiger partial charge in [0.2, 0.25) is 0 Å². The maximum absolute atomic E-state index is 12.9. The number of nitrogens with zero attached hydrogens (tertiary/aromatic N) is 3. The highest BCUT2D eigenvalue weighted by atomic mass is 35.5. The standard InChI is InChI=1S/C22H21ClN4O2/c1-15(17-7-3-2-4-8-17)24-21(28)19-13-20-22(29)26(10-11-27(20)25-19)14-16-6-5-9-18(23)12-16/h2-9,12-13,15H,10-11,14H2,1H3,(H,24,28). The van der Waals surface area contributed by atoms with E-state index in [0.29, 0.717) is 30.4 Å². The van der Waals surface area contributed by atoms with Crippen molar-refractivity contribution in [1.82, 2.24) is 20.0 Å². The summed E-state index contributed by atoms with van der Waals surface area (Å²) in [7, 11) is 0. The average Bonchev–Trinajstić information content (AvgIpc) is 3.16. The molecule has 148 valence electrons. The normalized spacial score (nSPS) is 14.4. The SMILES string of the molecule is CC(NC(=O)c1cc2n(n1)CCN(Cc1cccc(Cl)c1)C2=O)c1ccccc1. The lowest BCUT2D eigenvalue weighted by atomic mass is 10.1. The summed E-state index contributed by atoms with van der Waals surface area (Å²) in [5, 5.41) is 7.92. The van der Waals surface area contributed by atoms with Gasteiger partial charge in [0.05, 0.1) is 12.6 Å². The van der Waals surface area contributed by atoms with Crippen LogP contribution in [0.25, 0.3) is 0 Å². The van der Waals surface area contributed by atoms with Crippen LogP contribution < -0.4 is 5.32 Å². The van der Waals surface area contributed by atoms with E-state index in [-0.39, 0.29) is 23.6 Å². The number of fused-ring (bicyclic) bond motifs is 1. The van der Waals surface area contributed by atoms with E-state index in [1.165, 1.54) is 0 Å². The molecule has 4 rings (SSSR count).